The molecule has 0 amide bonds. The summed E-state index contributed by atoms with van der Waals surface area (Å²) in [5.74, 6) is 0. The number of aromatic nitrogens is 2. The number of aryl methyl sites for hydroxylation is 1. The average molecular weight is 594 g/mol. The van der Waals surface area contributed by atoms with Gasteiger partial charge in [-0.05, 0) is 57.2 Å². The smallest absolute Gasteiger partial charge is 0.240 e. The molecule has 9 nitrogen and oxygen atoms in total. The molecule has 0 bridgehead atoms. The van der Waals surface area contributed by atoms with Crippen LogP contribution in [-0.4, -0.2) is 109 Å². The molecule has 1 saturated heterocycles. The Morgan fingerprint density at radius 1 is 0.714 bits per heavy atom. The minimum atomic E-state index is -3.55. The van der Waals surface area contributed by atoms with Crippen LogP contribution in [0.1, 0.15) is 30.8 Å². The van der Waals surface area contributed by atoms with Crippen LogP contribution in [0.4, 0.5) is 0 Å². The maximum absolute atomic E-state index is 12.9. The Balaban J connectivity index is 1.46. The van der Waals surface area contributed by atoms with E-state index in [0.29, 0.717) is 24.0 Å². The van der Waals surface area contributed by atoms with Crippen molar-refractivity contribution in [3.63, 3.8) is 0 Å². The number of nitrogens with zero attached hydrogens (tertiary/aromatic N) is 6. The lowest BCUT2D eigenvalue weighted by Gasteiger charge is -2.35. The van der Waals surface area contributed by atoms with E-state index in [4.69, 9.17) is 0 Å². The summed E-state index contributed by atoms with van der Waals surface area (Å²) in [5, 5.41) is 0. The Labute approximate surface area is 252 Å². The molecule has 0 aliphatic carbocycles. The highest BCUT2D eigenvalue weighted by Gasteiger charge is 2.20. The fourth-order valence-electron chi connectivity index (χ4n) is 5.19. The van der Waals surface area contributed by atoms with E-state index in [1.165, 1.54) is 0 Å². The Morgan fingerprint density at radius 2 is 1.21 bits per heavy atom. The van der Waals surface area contributed by atoms with Gasteiger partial charge in [-0.15, -0.1) is 0 Å². The normalized spacial score (nSPS) is 17.6. The van der Waals surface area contributed by atoms with Gasteiger partial charge in [-0.25, -0.2) is 13.1 Å². The van der Waals surface area contributed by atoms with Crippen molar-refractivity contribution in [2.24, 2.45) is 0 Å². The summed E-state index contributed by atoms with van der Waals surface area (Å²) < 4.78 is 28.7. The standard InChI is InChI=1S/C32H47N7O2S/c1-28(2)39-24-22-37(26-30-8-4-6-14-33-30)20-18-36(17-16-35-42(40,41)32-12-10-29(3)11-13-32)19-21-38(23-25-39)27-31-9-5-7-15-34-31/h4-15,28,35H,16-27H2,1-3H3. The van der Waals surface area contributed by atoms with Crippen molar-refractivity contribution in [3.05, 3.63) is 90.0 Å². The lowest BCUT2D eigenvalue weighted by Crippen LogP contribution is -2.48. The predicted molar refractivity (Wildman–Crippen MR) is 169 cm³/mol. The zero-order valence-electron chi connectivity index (χ0n) is 25.4. The molecule has 42 heavy (non-hydrogen) atoms. The van der Waals surface area contributed by atoms with Gasteiger partial charge in [0.1, 0.15) is 0 Å². The highest BCUT2D eigenvalue weighted by Crippen LogP contribution is 2.11. The number of pyridine rings is 2. The van der Waals surface area contributed by atoms with Crippen LogP contribution in [0, 0.1) is 6.92 Å². The summed E-state index contributed by atoms with van der Waals surface area (Å²) in [6.45, 7) is 16.4. The minimum absolute atomic E-state index is 0.305. The van der Waals surface area contributed by atoms with Crippen LogP contribution >= 0.6 is 0 Å². The molecular weight excluding hydrogens is 546 g/mol. The first-order valence-electron chi connectivity index (χ1n) is 15.1. The van der Waals surface area contributed by atoms with Gasteiger partial charge in [0.2, 0.25) is 10.0 Å². The largest absolute Gasteiger partial charge is 0.299 e. The quantitative estimate of drug-likeness (QED) is 0.384. The predicted octanol–water partition coefficient (Wildman–Crippen LogP) is 3.09. The molecule has 1 aliphatic rings. The first-order chi connectivity index (χ1) is 20.3. The molecule has 0 unspecified atom stereocenters. The molecule has 1 aromatic carbocycles. The molecule has 10 heteroatoms. The van der Waals surface area contributed by atoms with Crippen molar-refractivity contribution in [2.45, 2.75) is 44.8 Å². The molecule has 228 valence electrons. The molecule has 0 spiro atoms. The summed E-state index contributed by atoms with van der Waals surface area (Å²) in [4.78, 5) is 19.4. The van der Waals surface area contributed by atoms with Gasteiger partial charge in [0, 0.05) is 97.0 Å². The van der Waals surface area contributed by atoms with Crippen LogP contribution in [0.5, 0.6) is 0 Å². The van der Waals surface area contributed by atoms with Crippen molar-refractivity contribution in [1.29, 1.82) is 0 Å². The van der Waals surface area contributed by atoms with Gasteiger partial charge in [0.15, 0.2) is 0 Å². The van der Waals surface area contributed by atoms with Gasteiger partial charge >= 0.3 is 0 Å². The second kappa shape index (κ2) is 16.2. The van der Waals surface area contributed by atoms with Gasteiger partial charge in [0.05, 0.1) is 16.3 Å². The lowest BCUT2D eigenvalue weighted by atomic mass is 10.2. The molecule has 1 N–H and O–H groups in total. The maximum Gasteiger partial charge on any atom is 0.240 e. The minimum Gasteiger partial charge on any atom is -0.299 e. The number of nitrogens with one attached hydrogen (secondary N) is 1. The number of hydrogen-bond donors (Lipinski definition) is 1. The van der Waals surface area contributed by atoms with E-state index in [-0.39, 0.29) is 0 Å². The fourth-order valence-corrected chi connectivity index (χ4v) is 6.21. The molecule has 0 radical (unpaired) electrons. The second-order valence-corrected chi connectivity index (χ2v) is 13.1. The summed E-state index contributed by atoms with van der Waals surface area (Å²) >= 11 is 0. The van der Waals surface area contributed by atoms with Crippen LogP contribution in [0.3, 0.4) is 0 Å². The molecule has 1 aliphatic heterocycles. The van der Waals surface area contributed by atoms with Crippen LogP contribution in [0.2, 0.25) is 0 Å². The van der Waals surface area contributed by atoms with Gasteiger partial charge in [-0.3, -0.25) is 29.6 Å². The van der Waals surface area contributed by atoms with Gasteiger partial charge in [-0.2, -0.15) is 0 Å². The van der Waals surface area contributed by atoms with Crippen molar-refractivity contribution in [2.75, 3.05) is 65.4 Å². The summed E-state index contributed by atoms with van der Waals surface area (Å²) in [5.41, 5.74) is 3.18. The van der Waals surface area contributed by atoms with E-state index in [0.717, 1.165) is 82.4 Å². The zero-order chi connectivity index (χ0) is 29.8. The average Bonchev–Trinajstić information content (AvgIpc) is 2.98. The molecular formula is C32H47N7O2S. The van der Waals surface area contributed by atoms with E-state index in [2.05, 4.69) is 60.3 Å². The van der Waals surface area contributed by atoms with Crippen LogP contribution in [0.25, 0.3) is 0 Å². The Kier molecular flexibility index (Phi) is 12.4. The number of sulfonamides is 1. The van der Waals surface area contributed by atoms with E-state index in [9.17, 15) is 8.42 Å². The van der Waals surface area contributed by atoms with E-state index >= 15 is 0 Å². The molecule has 4 rings (SSSR count). The fraction of sp³-hybridized carbons (Fsp3) is 0.500. The molecule has 3 heterocycles. The number of benzene rings is 1. The summed E-state index contributed by atoms with van der Waals surface area (Å²) in [6, 6.07) is 19.6. The molecule has 0 atom stereocenters. The van der Waals surface area contributed by atoms with Crippen LogP contribution in [-0.2, 0) is 23.1 Å². The maximum atomic E-state index is 12.9. The Hall–Kier alpha value is -2.73. The third kappa shape index (κ3) is 10.5. The van der Waals surface area contributed by atoms with Gasteiger partial charge in [0.25, 0.3) is 0 Å². The Morgan fingerprint density at radius 3 is 1.69 bits per heavy atom. The SMILES string of the molecule is Cc1ccc(S(=O)(=O)NCCN2CCN(Cc3ccccn3)CCN(C(C)C)CCN(Cc3ccccn3)CC2)cc1. The first kappa shape index (κ1) is 32.2. The zero-order valence-corrected chi connectivity index (χ0v) is 26.2. The van der Waals surface area contributed by atoms with Crippen molar-refractivity contribution in [1.82, 2.24) is 34.3 Å². The molecule has 0 saturated carbocycles. The van der Waals surface area contributed by atoms with Crippen molar-refractivity contribution >= 4 is 10.0 Å². The van der Waals surface area contributed by atoms with Crippen LogP contribution in [0.15, 0.2) is 78.0 Å². The van der Waals surface area contributed by atoms with Crippen molar-refractivity contribution in [3.8, 4) is 0 Å². The molecule has 3 aromatic rings. The third-order valence-corrected chi connectivity index (χ3v) is 9.35. The molecule has 2 aromatic heterocycles. The monoisotopic (exact) mass is 593 g/mol. The number of rotatable bonds is 10. The molecule has 1 fully saturated rings. The second-order valence-electron chi connectivity index (χ2n) is 11.4. The highest BCUT2D eigenvalue weighted by molar-refractivity contribution is 7.89. The summed E-state index contributed by atoms with van der Waals surface area (Å²) in [6.07, 6.45) is 3.71. The van der Waals surface area contributed by atoms with E-state index in [1.807, 2.05) is 55.7 Å². The summed E-state index contributed by atoms with van der Waals surface area (Å²) in [7, 11) is -3.55. The van der Waals surface area contributed by atoms with Crippen LogP contribution < -0.4 is 4.72 Å². The van der Waals surface area contributed by atoms with E-state index in [1.54, 1.807) is 12.1 Å². The van der Waals surface area contributed by atoms with Gasteiger partial charge in [-0.1, -0.05) is 29.8 Å². The highest BCUT2D eigenvalue weighted by atomic mass is 32.2. The third-order valence-electron chi connectivity index (χ3n) is 7.88. The first-order valence-corrected chi connectivity index (χ1v) is 16.5. The van der Waals surface area contributed by atoms with Gasteiger partial charge < -0.3 is 0 Å². The van der Waals surface area contributed by atoms with Crippen molar-refractivity contribution < 1.29 is 8.42 Å². The van der Waals surface area contributed by atoms with E-state index < -0.39 is 10.0 Å². The number of hydrogen-bond acceptors (Lipinski definition) is 8. The topological polar surface area (TPSA) is 84.9 Å². The Bertz CT molecular complexity index is 1230. The lowest BCUT2D eigenvalue weighted by molar-refractivity contribution is 0.114.